The Bertz CT molecular complexity index is 586. The van der Waals surface area contributed by atoms with Gasteiger partial charge in [0.25, 0.3) is 0 Å². The Morgan fingerprint density at radius 3 is 2.79 bits per heavy atom. The number of rotatable bonds is 4. The molecule has 0 amide bonds. The standard InChI is InChI=1S/C15H15ClFNO/c1-10-6-7-14(19-2)13(8-10)18-9-11-4-3-5-12(17)15(11)16/h3-8,18H,9H2,1-2H3. The molecule has 2 aromatic rings. The van der Waals surface area contributed by atoms with Gasteiger partial charge in [0.1, 0.15) is 11.6 Å². The first-order chi connectivity index (χ1) is 9.11. The summed E-state index contributed by atoms with van der Waals surface area (Å²) >= 11 is 5.92. The molecule has 0 aliphatic rings. The van der Waals surface area contributed by atoms with Crippen molar-refractivity contribution in [1.29, 1.82) is 0 Å². The third-order valence-corrected chi connectivity index (χ3v) is 3.28. The molecule has 0 aliphatic carbocycles. The van der Waals surface area contributed by atoms with Crippen molar-refractivity contribution in [1.82, 2.24) is 0 Å². The molecule has 0 atom stereocenters. The molecule has 100 valence electrons. The Kier molecular flexibility index (Phi) is 4.27. The first kappa shape index (κ1) is 13.7. The van der Waals surface area contributed by atoms with Crippen LogP contribution < -0.4 is 10.1 Å². The van der Waals surface area contributed by atoms with Crippen molar-refractivity contribution in [2.45, 2.75) is 13.5 Å². The van der Waals surface area contributed by atoms with Gasteiger partial charge in [-0.25, -0.2) is 4.39 Å². The van der Waals surface area contributed by atoms with Gasteiger partial charge in [-0.1, -0.05) is 29.8 Å². The lowest BCUT2D eigenvalue weighted by Gasteiger charge is -2.13. The van der Waals surface area contributed by atoms with Gasteiger partial charge in [-0.05, 0) is 36.2 Å². The highest BCUT2D eigenvalue weighted by atomic mass is 35.5. The van der Waals surface area contributed by atoms with Gasteiger partial charge in [-0.15, -0.1) is 0 Å². The molecule has 19 heavy (non-hydrogen) atoms. The second kappa shape index (κ2) is 5.93. The zero-order valence-electron chi connectivity index (χ0n) is 10.8. The van der Waals surface area contributed by atoms with E-state index in [2.05, 4.69) is 5.32 Å². The maximum Gasteiger partial charge on any atom is 0.142 e. The molecular formula is C15H15ClFNO. The van der Waals surface area contributed by atoms with Crippen LogP contribution in [0.3, 0.4) is 0 Å². The molecule has 2 rings (SSSR count). The molecule has 0 aliphatic heterocycles. The zero-order chi connectivity index (χ0) is 13.8. The molecule has 0 saturated carbocycles. The van der Waals surface area contributed by atoms with E-state index in [1.54, 1.807) is 19.2 Å². The summed E-state index contributed by atoms with van der Waals surface area (Å²) in [6, 6.07) is 10.6. The van der Waals surface area contributed by atoms with E-state index in [9.17, 15) is 4.39 Å². The van der Waals surface area contributed by atoms with E-state index in [-0.39, 0.29) is 5.02 Å². The molecule has 0 radical (unpaired) electrons. The number of benzene rings is 2. The number of ether oxygens (including phenoxy) is 1. The van der Waals surface area contributed by atoms with Gasteiger partial charge in [0.15, 0.2) is 0 Å². The predicted molar refractivity (Wildman–Crippen MR) is 76.5 cm³/mol. The van der Waals surface area contributed by atoms with Crippen molar-refractivity contribution in [2.75, 3.05) is 12.4 Å². The summed E-state index contributed by atoms with van der Waals surface area (Å²) in [4.78, 5) is 0. The van der Waals surface area contributed by atoms with Crippen molar-refractivity contribution in [2.24, 2.45) is 0 Å². The third-order valence-electron chi connectivity index (χ3n) is 2.86. The molecule has 0 bridgehead atoms. The van der Waals surface area contributed by atoms with Crippen molar-refractivity contribution < 1.29 is 9.13 Å². The summed E-state index contributed by atoms with van der Waals surface area (Å²) in [5, 5.41) is 3.37. The first-order valence-electron chi connectivity index (χ1n) is 5.93. The smallest absolute Gasteiger partial charge is 0.142 e. The maximum absolute atomic E-state index is 13.3. The maximum atomic E-state index is 13.3. The van der Waals surface area contributed by atoms with Crippen molar-refractivity contribution in [3.8, 4) is 5.75 Å². The topological polar surface area (TPSA) is 21.3 Å². The van der Waals surface area contributed by atoms with Gasteiger partial charge in [0, 0.05) is 6.54 Å². The number of methoxy groups -OCH3 is 1. The molecule has 2 nitrogen and oxygen atoms in total. The molecule has 0 fully saturated rings. The number of hydrogen-bond acceptors (Lipinski definition) is 2. The molecule has 0 unspecified atom stereocenters. The first-order valence-corrected chi connectivity index (χ1v) is 6.31. The fourth-order valence-corrected chi connectivity index (χ4v) is 2.03. The summed E-state index contributed by atoms with van der Waals surface area (Å²) in [6.07, 6.45) is 0. The van der Waals surface area contributed by atoms with Crippen LogP contribution in [0.2, 0.25) is 5.02 Å². The van der Waals surface area contributed by atoms with E-state index in [4.69, 9.17) is 16.3 Å². The molecular weight excluding hydrogens is 265 g/mol. The number of hydrogen-bond donors (Lipinski definition) is 1. The summed E-state index contributed by atoms with van der Waals surface area (Å²) in [5.41, 5.74) is 2.70. The Balaban J connectivity index is 2.18. The molecule has 4 heteroatoms. The highest BCUT2D eigenvalue weighted by molar-refractivity contribution is 6.31. The Labute approximate surface area is 117 Å². The number of halogens is 2. The normalized spacial score (nSPS) is 10.3. The average Bonchev–Trinajstić information content (AvgIpc) is 2.40. The monoisotopic (exact) mass is 279 g/mol. The minimum absolute atomic E-state index is 0.154. The van der Waals surface area contributed by atoms with E-state index in [0.717, 1.165) is 17.0 Å². The average molecular weight is 280 g/mol. The van der Waals surface area contributed by atoms with Crippen LogP contribution in [0, 0.1) is 12.7 Å². The molecule has 0 heterocycles. The van der Waals surface area contributed by atoms with E-state index in [1.165, 1.54) is 6.07 Å². The third kappa shape index (κ3) is 3.18. The van der Waals surface area contributed by atoms with Crippen LogP contribution in [0.15, 0.2) is 36.4 Å². The molecule has 0 aromatic heterocycles. The molecule has 2 aromatic carbocycles. The lowest BCUT2D eigenvalue weighted by molar-refractivity contribution is 0.416. The summed E-state index contributed by atoms with van der Waals surface area (Å²) in [6.45, 7) is 2.44. The highest BCUT2D eigenvalue weighted by Gasteiger charge is 2.07. The van der Waals surface area contributed by atoms with E-state index in [0.29, 0.717) is 12.1 Å². The largest absolute Gasteiger partial charge is 0.495 e. The second-order valence-electron chi connectivity index (χ2n) is 4.27. The quantitative estimate of drug-likeness (QED) is 0.895. The van der Waals surface area contributed by atoms with Crippen LogP contribution in [-0.2, 0) is 6.54 Å². The summed E-state index contributed by atoms with van der Waals surface area (Å²) < 4.78 is 18.6. The zero-order valence-corrected chi connectivity index (χ0v) is 11.6. The Hall–Kier alpha value is -1.74. The molecule has 0 spiro atoms. The van der Waals surface area contributed by atoms with Crippen molar-refractivity contribution >= 4 is 17.3 Å². The van der Waals surface area contributed by atoms with Crippen LogP contribution in [0.5, 0.6) is 5.75 Å². The molecule has 1 N–H and O–H groups in total. The van der Waals surface area contributed by atoms with Gasteiger partial charge in [0.05, 0.1) is 17.8 Å². The Morgan fingerprint density at radius 2 is 2.05 bits per heavy atom. The van der Waals surface area contributed by atoms with Crippen molar-refractivity contribution in [3.05, 3.63) is 58.4 Å². The van der Waals surface area contributed by atoms with E-state index >= 15 is 0 Å². The van der Waals surface area contributed by atoms with Gasteiger partial charge in [-0.2, -0.15) is 0 Å². The van der Waals surface area contributed by atoms with E-state index < -0.39 is 5.82 Å². The lowest BCUT2D eigenvalue weighted by Crippen LogP contribution is -2.03. The van der Waals surface area contributed by atoms with Gasteiger partial charge in [0.2, 0.25) is 0 Å². The fraction of sp³-hybridized carbons (Fsp3) is 0.200. The van der Waals surface area contributed by atoms with Crippen LogP contribution in [0.1, 0.15) is 11.1 Å². The van der Waals surface area contributed by atoms with Crippen LogP contribution >= 0.6 is 11.6 Å². The SMILES string of the molecule is COc1ccc(C)cc1NCc1cccc(F)c1Cl. The van der Waals surface area contributed by atoms with Crippen LogP contribution in [0.4, 0.5) is 10.1 Å². The van der Waals surface area contributed by atoms with Crippen LogP contribution in [0.25, 0.3) is 0 Å². The number of anilines is 1. The summed E-state index contributed by atoms with van der Waals surface area (Å²) in [7, 11) is 1.62. The van der Waals surface area contributed by atoms with Gasteiger partial charge >= 0.3 is 0 Å². The van der Waals surface area contributed by atoms with E-state index in [1.807, 2.05) is 25.1 Å². The number of aryl methyl sites for hydroxylation is 1. The van der Waals surface area contributed by atoms with Gasteiger partial charge < -0.3 is 10.1 Å². The number of nitrogens with one attached hydrogen (secondary N) is 1. The van der Waals surface area contributed by atoms with Crippen LogP contribution in [-0.4, -0.2) is 7.11 Å². The summed E-state index contributed by atoms with van der Waals surface area (Å²) in [5.74, 6) is 0.343. The predicted octanol–water partition coefficient (Wildman–Crippen LogP) is 4.41. The second-order valence-corrected chi connectivity index (χ2v) is 4.65. The van der Waals surface area contributed by atoms with Crippen molar-refractivity contribution in [3.63, 3.8) is 0 Å². The van der Waals surface area contributed by atoms with Gasteiger partial charge in [-0.3, -0.25) is 0 Å². The minimum atomic E-state index is -0.405. The lowest BCUT2D eigenvalue weighted by atomic mass is 10.2. The highest BCUT2D eigenvalue weighted by Crippen LogP contribution is 2.27. The fourth-order valence-electron chi connectivity index (χ4n) is 1.84. The minimum Gasteiger partial charge on any atom is -0.495 e. The molecule has 0 saturated heterocycles. The Morgan fingerprint density at radius 1 is 1.26 bits per heavy atom.